The fraction of sp³-hybridized carbons (Fsp3) is 0.100. The molecular weight excluding hydrogens is 302 g/mol. The molecule has 0 bridgehead atoms. The highest BCUT2D eigenvalue weighted by Gasteiger charge is 2.08. The van der Waals surface area contributed by atoms with Crippen LogP contribution < -0.4 is 9.47 Å². The monoisotopic (exact) mass is 319 g/mol. The molecule has 4 nitrogen and oxygen atoms in total. The molecule has 120 valence electrons. The molecule has 0 spiro atoms. The number of rotatable bonds is 6. The highest BCUT2D eigenvalue weighted by molar-refractivity contribution is 5.88. The normalized spacial score (nSPS) is 10.2. The maximum absolute atomic E-state index is 11.4. The van der Waals surface area contributed by atoms with E-state index in [0.717, 1.165) is 23.0 Å². The van der Waals surface area contributed by atoms with Gasteiger partial charge in [-0.3, -0.25) is 4.79 Å². The number of pyridine rings is 1. The molecule has 0 unspecified atom stereocenters. The molecular formula is C20H17NO3. The van der Waals surface area contributed by atoms with Crippen molar-refractivity contribution in [3.8, 4) is 22.8 Å². The van der Waals surface area contributed by atoms with E-state index >= 15 is 0 Å². The number of methoxy groups -OCH3 is 1. The molecule has 0 atom stereocenters. The van der Waals surface area contributed by atoms with Crippen molar-refractivity contribution in [3.05, 3.63) is 78.0 Å². The van der Waals surface area contributed by atoms with Crippen LogP contribution in [0.15, 0.2) is 66.9 Å². The molecule has 0 aliphatic carbocycles. The van der Waals surface area contributed by atoms with Gasteiger partial charge in [0.1, 0.15) is 12.4 Å². The lowest BCUT2D eigenvalue weighted by Crippen LogP contribution is -1.97. The highest BCUT2D eigenvalue weighted by Crippen LogP contribution is 2.27. The lowest BCUT2D eigenvalue weighted by molar-refractivity contribution is 0.112. The highest BCUT2D eigenvalue weighted by atomic mass is 16.5. The molecule has 2 aromatic carbocycles. The maximum Gasteiger partial charge on any atom is 0.212 e. The second kappa shape index (κ2) is 7.42. The van der Waals surface area contributed by atoms with E-state index in [-0.39, 0.29) is 0 Å². The minimum absolute atomic E-state index is 0.461. The Bertz CT molecular complexity index is 814. The zero-order valence-electron chi connectivity index (χ0n) is 13.3. The van der Waals surface area contributed by atoms with Gasteiger partial charge >= 0.3 is 0 Å². The van der Waals surface area contributed by atoms with E-state index in [1.165, 1.54) is 0 Å². The van der Waals surface area contributed by atoms with Gasteiger partial charge in [-0.1, -0.05) is 30.3 Å². The van der Waals surface area contributed by atoms with E-state index in [2.05, 4.69) is 4.98 Å². The largest absolute Gasteiger partial charge is 0.489 e. The van der Waals surface area contributed by atoms with Gasteiger partial charge in [0.15, 0.2) is 6.29 Å². The summed E-state index contributed by atoms with van der Waals surface area (Å²) in [6.45, 7) is 0.461. The Morgan fingerprint density at radius 2 is 1.88 bits per heavy atom. The third kappa shape index (κ3) is 3.60. The molecule has 0 saturated carbocycles. The summed E-state index contributed by atoms with van der Waals surface area (Å²) in [7, 11) is 1.57. The summed E-state index contributed by atoms with van der Waals surface area (Å²) in [6, 6.07) is 19.0. The van der Waals surface area contributed by atoms with Crippen LogP contribution in [0.4, 0.5) is 0 Å². The molecule has 4 heteroatoms. The van der Waals surface area contributed by atoms with Crippen LogP contribution in [0.5, 0.6) is 11.6 Å². The van der Waals surface area contributed by atoms with Crippen molar-refractivity contribution >= 4 is 6.29 Å². The summed E-state index contributed by atoms with van der Waals surface area (Å²) in [5.41, 5.74) is 3.31. The van der Waals surface area contributed by atoms with Crippen molar-refractivity contribution in [2.75, 3.05) is 7.11 Å². The first kappa shape index (κ1) is 15.7. The van der Waals surface area contributed by atoms with Crippen LogP contribution in [0, 0.1) is 0 Å². The van der Waals surface area contributed by atoms with E-state index in [1.54, 1.807) is 25.4 Å². The number of benzene rings is 2. The minimum atomic E-state index is 0.461. The number of hydrogen-bond acceptors (Lipinski definition) is 4. The first-order valence-corrected chi connectivity index (χ1v) is 7.56. The Balaban J connectivity index is 1.80. The van der Waals surface area contributed by atoms with Gasteiger partial charge < -0.3 is 9.47 Å². The van der Waals surface area contributed by atoms with Gasteiger partial charge in [0.05, 0.1) is 7.11 Å². The molecule has 0 N–H and O–H groups in total. The molecule has 0 saturated heterocycles. The van der Waals surface area contributed by atoms with Crippen LogP contribution in [0.1, 0.15) is 15.9 Å². The number of carbonyl (C=O) groups is 1. The SMILES string of the molecule is COc1ccc(-c2ccc(OCc3ccccc3)cc2C=O)cn1. The fourth-order valence-corrected chi connectivity index (χ4v) is 2.39. The van der Waals surface area contributed by atoms with Crippen LogP contribution in [0.3, 0.4) is 0 Å². The number of carbonyl (C=O) groups excluding carboxylic acids is 1. The quantitative estimate of drug-likeness (QED) is 0.640. The van der Waals surface area contributed by atoms with Gasteiger partial charge in [-0.15, -0.1) is 0 Å². The zero-order chi connectivity index (χ0) is 16.8. The number of nitrogens with zero attached hydrogens (tertiary/aromatic N) is 1. The average molecular weight is 319 g/mol. The van der Waals surface area contributed by atoms with Crippen LogP contribution in [-0.2, 0) is 6.61 Å². The molecule has 3 aromatic rings. The number of ether oxygens (including phenoxy) is 2. The first-order chi connectivity index (χ1) is 11.8. The smallest absolute Gasteiger partial charge is 0.212 e. The molecule has 24 heavy (non-hydrogen) atoms. The maximum atomic E-state index is 11.4. The van der Waals surface area contributed by atoms with Crippen LogP contribution in [0.2, 0.25) is 0 Å². The van der Waals surface area contributed by atoms with Crippen LogP contribution >= 0.6 is 0 Å². The summed E-state index contributed by atoms with van der Waals surface area (Å²) in [5, 5.41) is 0. The third-order valence-electron chi connectivity index (χ3n) is 3.65. The molecule has 0 fully saturated rings. The zero-order valence-corrected chi connectivity index (χ0v) is 13.3. The van der Waals surface area contributed by atoms with Gasteiger partial charge in [0, 0.05) is 23.4 Å². The Morgan fingerprint density at radius 1 is 1.04 bits per heavy atom. The summed E-state index contributed by atoms with van der Waals surface area (Å²) in [4.78, 5) is 15.6. The Labute approximate surface area is 140 Å². The Kier molecular flexibility index (Phi) is 4.87. The van der Waals surface area contributed by atoms with Gasteiger partial charge in [-0.05, 0) is 35.4 Å². The first-order valence-electron chi connectivity index (χ1n) is 7.56. The average Bonchev–Trinajstić information content (AvgIpc) is 2.67. The van der Waals surface area contributed by atoms with Crippen LogP contribution in [0.25, 0.3) is 11.1 Å². The lowest BCUT2D eigenvalue weighted by Gasteiger charge is -2.10. The van der Waals surface area contributed by atoms with Crippen molar-refractivity contribution in [2.45, 2.75) is 6.61 Å². The number of hydrogen-bond donors (Lipinski definition) is 0. The predicted octanol–water partition coefficient (Wildman–Crippen LogP) is 4.15. The summed E-state index contributed by atoms with van der Waals surface area (Å²) < 4.78 is 10.8. The van der Waals surface area contributed by atoms with E-state index in [9.17, 15) is 4.79 Å². The van der Waals surface area contributed by atoms with Crippen molar-refractivity contribution in [1.82, 2.24) is 4.98 Å². The van der Waals surface area contributed by atoms with Crippen LogP contribution in [-0.4, -0.2) is 18.4 Å². The molecule has 0 aliphatic heterocycles. The number of aldehydes is 1. The van der Waals surface area contributed by atoms with Crippen molar-refractivity contribution in [1.29, 1.82) is 0 Å². The lowest BCUT2D eigenvalue weighted by atomic mass is 10.0. The second-order valence-electron chi connectivity index (χ2n) is 5.23. The molecule has 0 radical (unpaired) electrons. The van der Waals surface area contributed by atoms with Gasteiger partial charge in [-0.2, -0.15) is 0 Å². The van der Waals surface area contributed by atoms with Crippen molar-refractivity contribution in [3.63, 3.8) is 0 Å². The summed E-state index contributed by atoms with van der Waals surface area (Å²) in [5.74, 6) is 1.19. The fourth-order valence-electron chi connectivity index (χ4n) is 2.39. The molecule has 3 rings (SSSR count). The standard InChI is InChI=1S/C20H17NO3/c1-23-20-10-7-16(12-21-20)19-9-8-18(11-17(19)13-22)24-14-15-5-3-2-4-6-15/h2-13H,14H2,1H3. The van der Waals surface area contributed by atoms with Crippen molar-refractivity contribution < 1.29 is 14.3 Å². The van der Waals surface area contributed by atoms with Gasteiger partial charge in [-0.25, -0.2) is 4.98 Å². The number of aromatic nitrogens is 1. The van der Waals surface area contributed by atoms with E-state index in [1.807, 2.05) is 48.5 Å². The summed E-state index contributed by atoms with van der Waals surface area (Å²) >= 11 is 0. The second-order valence-corrected chi connectivity index (χ2v) is 5.23. The minimum Gasteiger partial charge on any atom is -0.489 e. The van der Waals surface area contributed by atoms with Crippen molar-refractivity contribution in [2.24, 2.45) is 0 Å². The topological polar surface area (TPSA) is 48.4 Å². The predicted molar refractivity (Wildman–Crippen MR) is 92.4 cm³/mol. The van der Waals surface area contributed by atoms with E-state index < -0.39 is 0 Å². The Morgan fingerprint density at radius 3 is 2.54 bits per heavy atom. The Hall–Kier alpha value is -3.14. The molecule has 1 heterocycles. The summed E-state index contributed by atoms with van der Waals surface area (Å²) in [6.07, 6.45) is 2.51. The molecule has 1 aromatic heterocycles. The molecule has 0 aliphatic rings. The van der Waals surface area contributed by atoms with E-state index in [4.69, 9.17) is 9.47 Å². The molecule has 0 amide bonds. The van der Waals surface area contributed by atoms with Gasteiger partial charge in [0.2, 0.25) is 5.88 Å². The third-order valence-corrected chi connectivity index (χ3v) is 3.65. The van der Waals surface area contributed by atoms with E-state index in [0.29, 0.717) is 23.8 Å². The van der Waals surface area contributed by atoms with Gasteiger partial charge in [0.25, 0.3) is 0 Å².